The van der Waals surface area contributed by atoms with Crippen molar-refractivity contribution in [3.8, 4) is 5.75 Å². The number of anilines is 1. The van der Waals surface area contributed by atoms with Crippen LogP contribution >= 0.6 is 0 Å². The molecule has 2 aromatic carbocycles. The maximum Gasteiger partial charge on any atom is 0.415 e. The third-order valence-electron chi connectivity index (χ3n) is 6.85. The van der Waals surface area contributed by atoms with Crippen molar-refractivity contribution in [3.05, 3.63) is 89.7 Å². The second kappa shape index (κ2) is 9.78. The lowest BCUT2D eigenvalue weighted by Gasteiger charge is -2.25. The summed E-state index contributed by atoms with van der Waals surface area (Å²) in [6.07, 6.45) is 4.09. The smallest absolute Gasteiger partial charge is 0.415 e. The average molecular weight is 472 g/mol. The largest absolute Gasteiger partial charge is 0.496 e. The summed E-state index contributed by atoms with van der Waals surface area (Å²) in [7, 11) is 1.65. The number of para-hydroxylation sites is 2. The zero-order valence-corrected chi connectivity index (χ0v) is 19.9. The topological polar surface area (TPSA) is 72.0 Å². The Hall–Kier alpha value is -3.87. The number of carbonyl (C=O) groups excluding carboxylic acids is 2. The molecule has 180 valence electrons. The number of carbonyl (C=O) groups is 2. The van der Waals surface area contributed by atoms with Gasteiger partial charge in [0.25, 0.3) is 5.91 Å². The normalized spacial score (nSPS) is 20.0. The van der Waals surface area contributed by atoms with Gasteiger partial charge in [0.2, 0.25) is 0 Å². The number of benzene rings is 2. The molecule has 7 heteroatoms. The van der Waals surface area contributed by atoms with Gasteiger partial charge in [-0.2, -0.15) is 0 Å². The molecule has 7 nitrogen and oxygen atoms in total. The predicted octanol–water partition coefficient (Wildman–Crippen LogP) is 4.70. The van der Waals surface area contributed by atoms with E-state index in [1.807, 2.05) is 65.6 Å². The number of ether oxygens (including phenoxy) is 2. The minimum absolute atomic E-state index is 0.0186. The molecule has 0 aliphatic carbocycles. The summed E-state index contributed by atoms with van der Waals surface area (Å²) < 4.78 is 11.4. The Labute approximate surface area is 205 Å². The van der Waals surface area contributed by atoms with Crippen LogP contribution in [0.3, 0.4) is 0 Å². The van der Waals surface area contributed by atoms with Crippen molar-refractivity contribution < 1.29 is 19.1 Å². The molecule has 0 saturated carbocycles. The second-order valence-corrected chi connectivity index (χ2v) is 9.14. The second-order valence-electron chi connectivity index (χ2n) is 9.14. The Morgan fingerprint density at radius 1 is 1.06 bits per heavy atom. The molecule has 1 spiro atoms. The van der Waals surface area contributed by atoms with Gasteiger partial charge < -0.3 is 14.4 Å². The van der Waals surface area contributed by atoms with E-state index in [9.17, 15) is 9.59 Å². The van der Waals surface area contributed by atoms with Crippen LogP contribution in [0.15, 0.2) is 72.9 Å². The van der Waals surface area contributed by atoms with Crippen molar-refractivity contribution in [2.24, 2.45) is 0 Å². The molecule has 0 bridgehead atoms. The first-order valence-electron chi connectivity index (χ1n) is 12.0. The Balaban J connectivity index is 1.27. The summed E-state index contributed by atoms with van der Waals surface area (Å²) in [5.41, 5.74) is 2.74. The summed E-state index contributed by atoms with van der Waals surface area (Å²) in [5, 5.41) is 0. The van der Waals surface area contributed by atoms with Gasteiger partial charge in [0.05, 0.1) is 13.7 Å². The zero-order valence-electron chi connectivity index (χ0n) is 19.9. The molecule has 1 atom stereocenters. The van der Waals surface area contributed by atoms with Crippen molar-refractivity contribution in [2.45, 2.75) is 31.3 Å². The number of methoxy groups -OCH3 is 1. The summed E-state index contributed by atoms with van der Waals surface area (Å²) >= 11 is 0. The summed E-state index contributed by atoms with van der Waals surface area (Å²) in [6, 6.07) is 21.0. The van der Waals surface area contributed by atoms with Crippen LogP contribution in [0.1, 0.15) is 40.9 Å². The van der Waals surface area contributed by atoms with Crippen LogP contribution in [0.2, 0.25) is 0 Å². The fourth-order valence-corrected chi connectivity index (χ4v) is 5.00. The van der Waals surface area contributed by atoms with E-state index in [0.717, 1.165) is 35.5 Å². The first-order chi connectivity index (χ1) is 17.1. The number of nitrogens with zero attached hydrogens (tertiary/aromatic N) is 3. The van der Waals surface area contributed by atoms with Crippen LogP contribution in [0.25, 0.3) is 0 Å². The van der Waals surface area contributed by atoms with Gasteiger partial charge in [-0.1, -0.05) is 36.4 Å². The van der Waals surface area contributed by atoms with Crippen LogP contribution in [0, 0.1) is 0 Å². The van der Waals surface area contributed by atoms with E-state index in [1.54, 1.807) is 24.3 Å². The average Bonchev–Trinajstić information content (AvgIpc) is 3.08. The van der Waals surface area contributed by atoms with Crippen molar-refractivity contribution in [3.63, 3.8) is 0 Å². The van der Waals surface area contributed by atoms with E-state index in [0.29, 0.717) is 38.0 Å². The zero-order chi connectivity index (χ0) is 24.3. The monoisotopic (exact) mass is 471 g/mol. The number of likely N-dealkylation sites (tertiary alicyclic amines) is 1. The van der Waals surface area contributed by atoms with Gasteiger partial charge in [-0.15, -0.1) is 0 Å². The highest BCUT2D eigenvalue weighted by Gasteiger charge is 2.46. The molecule has 0 N–H and O–H groups in total. The Morgan fingerprint density at radius 2 is 1.86 bits per heavy atom. The van der Waals surface area contributed by atoms with Crippen LogP contribution in [-0.2, 0) is 11.2 Å². The van der Waals surface area contributed by atoms with Gasteiger partial charge in [-0.05, 0) is 43.2 Å². The summed E-state index contributed by atoms with van der Waals surface area (Å²) in [4.78, 5) is 34.1. The molecule has 35 heavy (non-hydrogen) atoms. The van der Waals surface area contributed by atoms with Crippen LogP contribution in [-0.4, -0.2) is 54.2 Å². The molecular formula is C28H29N3O4. The first-order valence-corrected chi connectivity index (χ1v) is 12.0. The predicted molar refractivity (Wildman–Crippen MR) is 133 cm³/mol. The Bertz CT molecular complexity index is 1220. The van der Waals surface area contributed by atoms with Crippen LogP contribution < -0.4 is 9.64 Å². The molecule has 2 fully saturated rings. The van der Waals surface area contributed by atoms with E-state index in [4.69, 9.17) is 9.47 Å². The van der Waals surface area contributed by atoms with Crippen molar-refractivity contribution >= 4 is 17.7 Å². The fourth-order valence-electron chi connectivity index (χ4n) is 5.00. The summed E-state index contributed by atoms with van der Waals surface area (Å²) in [5.74, 6) is 0.787. The van der Waals surface area contributed by atoms with Gasteiger partial charge in [0.1, 0.15) is 11.4 Å². The molecule has 2 aliphatic rings. The minimum atomic E-state index is -0.560. The first kappa shape index (κ1) is 22.9. The van der Waals surface area contributed by atoms with Gasteiger partial charge in [0, 0.05) is 54.6 Å². The maximum absolute atomic E-state index is 13.4. The molecule has 3 heterocycles. The van der Waals surface area contributed by atoms with Crippen LogP contribution in [0.5, 0.6) is 5.75 Å². The number of pyridine rings is 1. The molecule has 2 aliphatic heterocycles. The number of rotatable bonds is 5. The molecule has 2 amide bonds. The quantitative estimate of drug-likeness (QED) is 0.539. The molecule has 3 aromatic rings. The molecule has 2 saturated heterocycles. The van der Waals surface area contributed by atoms with Crippen LogP contribution in [0.4, 0.5) is 10.5 Å². The van der Waals surface area contributed by atoms with E-state index < -0.39 is 5.60 Å². The van der Waals surface area contributed by atoms with Gasteiger partial charge in [-0.25, -0.2) is 4.79 Å². The Morgan fingerprint density at radius 3 is 2.69 bits per heavy atom. The Kier molecular flexibility index (Phi) is 6.40. The summed E-state index contributed by atoms with van der Waals surface area (Å²) in [6.45, 7) is 1.68. The number of hydrogen-bond acceptors (Lipinski definition) is 5. The number of hydrogen-bond donors (Lipinski definition) is 0. The highest BCUT2D eigenvalue weighted by atomic mass is 16.6. The lowest BCUT2D eigenvalue weighted by atomic mass is 9.95. The lowest BCUT2D eigenvalue weighted by Crippen LogP contribution is -2.37. The van der Waals surface area contributed by atoms with E-state index in [-0.39, 0.29) is 12.0 Å². The van der Waals surface area contributed by atoms with E-state index in [2.05, 4.69) is 4.98 Å². The van der Waals surface area contributed by atoms with Gasteiger partial charge in [-0.3, -0.25) is 14.7 Å². The van der Waals surface area contributed by atoms with Crippen molar-refractivity contribution in [1.82, 2.24) is 9.88 Å². The number of aromatic nitrogens is 1. The SMILES string of the molecule is COc1ccccc1Cc1cc(C(=O)N2CCCC3(CC2)CN(c2ccccc2)C(=O)O3)ccn1. The lowest BCUT2D eigenvalue weighted by molar-refractivity contribution is 0.0438. The van der Waals surface area contributed by atoms with E-state index >= 15 is 0 Å². The van der Waals surface area contributed by atoms with Crippen molar-refractivity contribution in [2.75, 3.05) is 31.6 Å². The van der Waals surface area contributed by atoms with E-state index in [1.165, 1.54) is 0 Å². The molecule has 0 radical (unpaired) electrons. The maximum atomic E-state index is 13.4. The molecule has 1 aromatic heterocycles. The standard InChI is InChI=1S/C28H29N3O4/c1-34-25-11-6-5-8-21(25)18-23-19-22(12-15-29-23)26(32)30-16-7-13-28(14-17-30)20-31(27(33)35-28)24-9-3-2-4-10-24/h2-6,8-12,15,19H,7,13-14,16-18,20H2,1H3. The highest BCUT2D eigenvalue weighted by molar-refractivity contribution is 5.94. The fraction of sp³-hybridized carbons (Fsp3) is 0.321. The third kappa shape index (κ3) is 4.85. The molecule has 5 rings (SSSR count). The highest BCUT2D eigenvalue weighted by Crippen LogP contribution is 2.36. The van der Waals surface area contributed by atoms with Crippen molar-refractivity contribution in [1.29, 1.82) is 0 Å². The minimum Gasteiger partial charge on any atom is -0.496 e. The van der Waals surface area contributed by atoms with Gasteiger partial charge in [0.15, 0.2) is 0 Å². The molecular weight excluding hydrogens is 442 g/mol. The van der Waals surface area contributed by atoms with Gasteiger partial charge >= 0.3 is 6.09 Å². The number of amides is 2. The molecule has 1 unspecified atom stereocenters. The third-order valence-corrected chi connectivity index (χ3v) is 6.85.